The summed E-state index contributed by atoms with van der Waals surface area (Å²) in [7, 11) is -3.79. The number of piperazine rings is 1. The molecule has 1 saturated heterocycles. The number of halogens is 1. The van der Waals surface area contributed by atoms with E-state index in [1.807, 2.05) is 0 Å². The number of carbonyl (C=O) groups excluding carboxylic acids is 1. The molecular weight excluding hydrogens is 434 g/mol. The van der Waals surface area contributed by atoms with E-state index in [-0.39, 0.29) is 42.7 Å². The van der Waals surface area contributed by atoms with Crippen molar-refractivity contribution in [3.8, 4) is 5.75 Å². The Labute approximate surface area is 178 Å². The van der Waals surface area contributed by atoms with Crippen LogP contribution in [0.3, 0.4) is 0 Å². The molecule has 0 saturated carbocycles. The van der Waals surface area contributed by atoms with Gasteiger partial charge in [0.1, 0.15) is 5.75 Å². The fourth-order valence-corrected chi connectivity index (χ4v) is 5.21. The zero-order valence-corrected chi connectivity index (χ0v) is 17.3. The predicted molar refractivity (Wildman–Crippen MR) is 108 cm³/mol. The normalized spacial score (nSPS) is 19.2. The molecular formula is C19H18ClN3O6S. The number of rotatable bonds is 4. The number of non-ortho nitro benzene ring substituents is 1. The molecule has 1 fully saturated rings. The molecule has 0 radical (unpaired) electrons. The number of carbonyl (C=O) groups is 1. The highest BCUT2D eigenvalue weighted by atomic mass is 35.5. The molecule has 1 amide bonds. The third kappa shape index (κ3) is 3.85. The number of nitrogens with zero attached hydrogens (tertiary/aromatic N) is 3. The molecule has 0 N–H and O–H groups in total. The van der Waals surface area contributed by atoms with Crippen LogP contribution < -0.4 is 4.74 Å². The molecule has 30 heavy (non-hydrogen) atoms. The van der Waals surface area contributed by atoms with Gasteiger partial charge in [0.05, 0.1) is 9.82 Å². The van der Waals surface area contributed by atoms with Gasteiger partial charge in [-0.05, 0) is 35.9 Å². The molecule has 2 aromatic rings. The number of amides is 1. The first-order chi connectivity index (χ1) is 14.3. The van der Waals surface area contributed by atoms with Gasteiger partial charge in [-0.3, -0.25) is 14.9 Å². The van der Waals surface area contributed by atoms with E-state index in [0.29, 0.717) is 17.2 Å². The molecule has 2 aliphatic heterocycles. The van der Waals surface area contributed by atoms with Crippen molar-refractivity contribution >= 4 is 33.2 Å². The summed E-state index contributed by atoms with van der Waals surface area (Å²) in [5.41, 5.74) is 0.698. The summed E-state index contributed by atoms with van der Waals surface area (Å²) in [5, 5.41) is 11.3. The molecule has 4 rings (SSSR count). The van der Waals surface area contributed by atoms with Crippen LogP contribution in [0.2, 0.25) is 5.02 Å². The van der Waals surface area contributed by atoms with Gasteiger partial charge in [0.2, 0.25) is 10.0 Å². The van der Waals surface area contributed by atoms with Crippen molar-refractivity contribution in [2.24, 2.45) is 0 Å². The Morgan fingerprint density at radius 2 is 1.77 bits per heavy atom. The average molecular weight is 452 g/mol. The number of fused-ring (bicyclic) bond motifs is 1. The van der Waals surface area contributed by atoms with E-state index < -0.39 is 21.1 Å². The second-order valence-electron chi connectivity index (χ2n) is 7.04. The maximum atomic E-state index is 12.8. The first-order valence-electron chi connectivity index (χ1n) is 9.24. The molecule has 158 valence electrons. The zero-order chi connectivity index (χ0) is 21.5. The number of hydrogen-bond donors (Lipinski definition) is 0. The van der Waals surface area contributed by atoms with Gasteiger partial charge in [-0.2, -0.15) is 4.31 Å². The highest BCUT2D eigenvalue weighted by Crippen LogP contribution is 2.32. The number of hydrogen-bond acceptors (Lipinski definition) is 6. The highest BCUT2D eigenvalue weighted by Gasteiger charge is 2.36. The van der Waals surface area contributed by atoms with Crippen LogP contribution in [0.15, 0.2) is 47.4 Å². The Kier molecular flexibility index (Phi) is 5.39. The van der Waals surface area contributed by atoms with Crippen molar-refractivity contribution in [1.82, 2.24) is 9.21 Å². The number of sulfonamides is 1. The van der Waals surface area contributed by atoms with Crippen LogP contribution in [-0.4, -0.2) is 60.7 Å². The van der Waals surface area contributed by atoms with E-state index >= 15 is 0 Å². The second kappa shape index (κ2) is 7.86. The fourth-order valence-electron chi connectivity index (χ4n) is 3.60. The molecule has 0 spiro atoms. The van der Waals surface area contributed by atoms with Gasteiger partial charge in [0.15, 0.2) is 6.10 Å². The Morgan fingerprint density at radius 3 is 2.40 bits per heavy atom. The molecule has 9 nitrogen and oxygen atoms in total. The van der Waals surface area contributed by atoms with Crippen LogP contribution in [0.25, 0.3) is 0 Å². The third-order valence-electron chi connectivity index (χ3n) is 5.21. The lowest BCUT2D eigenvalue weighted by molar-refractivity contribution is -0.384. The summed E-state index contributed by atoms with van der Waals surface area (Å²) in [6, 6.07) is 9.98. The van der Waals surface area contributed by atoms with Crippen LogP contribution in [0, 0.1) is 10.1 Å². The second-order valence-corrected chi connectivity index (χ2v) is 9.42. The molecule has 0 aromatic heterocycles. The van der Waals surface area contributed by atoms with Crippen LogP contribution in [0.5, 0.6) is 5.75 Å². The lowest BCUT2D eigenvalue weighted by atomic mass is 10.1. The maximum Gasteiger partial charge on any atom is 0.269 e. The number of nitro benzene ring substituents is 1. The molecule has 0 aliphatic carbocycles. The van der Waals surface area contributed by atoms with Crippen LogP contribution in [0.1, 0.15) is 5.56 Å². The first-order valence-corrected chi connectivity index (χ1v) is 11.1. The quantitative estimate of drug-likeness (QED) is 0.520. The largest absolute Gasteiger partial charge is 0.480 e. The fraction of sp³-hybridized carbons (Fsp3) is 0.316. The van der Waals surface area contributed by atoms with Gasteiger partial charge < -0.3 is 9.64 Å². The lowest BCUT2D eigenvalue weighted by Crippen LogP contribution is -2.53. The minimum Gasteiger partial charge on any atom is -0.480 e. The maximum absolute atomic E-state index is 12.8. The summed E-state index contributed by atoms with van der Waals surface area (Å²) in [6.07, 6.45) is -0.216. The molecule has 11 heteroatoms. The van der Waals surface area contributed by atoms with Gasteiger partial charge in [-0.15, -0.1) is 0 Å². The number of ether oxygens (including phenoxy) is 1. The minimum absolute atomic E-state index is 0.0145. The summed E-state index contributed by atoms with van der Waals surface area (Å²) < 4.78 is 32.6. The monoisotopic (exact) mass is 451 g/mol. The highest BCUT2D eigenvalue weighted by molar-refractivity contribution is 7.89. The molecule has 2 aliphatic rings. The van der Waals surface area contributed by atoms with E-state index in [4.69, 9.17) is 16.3 Å². The number of nitro groups is 1. The molecule has 2 aromatic carbocycles. The summed E-state index contributed by atoms with van der Waals surface area (Å²) in [6.45, 7) is 0.747. The van der Waals surface area contributed by atoms with Crippen molar-refractivity contribution < 1.29 is 22.9 Å². The summed E-state index contributed by atoms with van der Waals surface area (Å²) >= 11 is 5.99. The van der Waals surface area contributed by atoms with E-state index in [1.54, 1.807) is 23.1 Å². The molecule has 0 bridgehead atoms. The smallest absolute Gasteiger partial charge is 0.269 e. The van der Waals surface area contributed by atoms with Crippen LogP contribution in [-0.2, 0) is 21.2 Å². The minimum atomic E-state index is -3.79. The predicted octanol–water partition coefficient (Wildman–Crippen LogP) is 2.08. The van der Waals surface area contributed by atoms with Crippen molar-refractivity contribution in [3.05, 3.63) is 63.2 Å². The topological polar surface area (TPSA) is 110 Å². The van der Waals surface area contributed by atoms with E-state index in [2.05, 4.69) is 0 Å². The van der Waals surface area contributed by atoms with Gasteiger partial charge in [0, 0.05) is 49.8 Å². The van der Waals surface area contributed by atoms with Crippen molar-refractivity contribution in [1.29, 1.82) is 0 Å². The van der Waals surface area contributed by atoms with E-state index in [1.165, 1.54) is 16.4 Å². The standard InChI is InChI=1S/C19H18ClN3O6S/c20-14-1-6-17-13(11-14)12-18(29-17)19(24)21-7-9-22(10-8-21)30(27,28)16-4-2-15(3-5-16)23(25)26/h1-6,11,18H,7-10,12H2/t18-/m0/s1. The third-order valence-corrected chi connectivity index (χ3v) is 7.36. The van der Waals surface area contributed by atoms with Crippen molar-refractivity contribution in [2.45, 2.75) is 17.4 Å². The van der Waals surface area contributed by atoms with Crippen LogP contribution >= 0.6 is 11.6 Å². The molecule has 1 atom stereocenters. The Morgan fingerprint density at radius 1 is 1.10 bits per heavy atom. The molecule has 2 heterocycles. The first kappa shape index (κ1) is 20.6. The average Bonchev–Trinajstić information content (AvgIpc) is 3.16. The Balaban J connectivity index is 1.39. The van der Waals surface area contributed by atoms with Gasteiger partial charge >= 0.3 is 0 Å². The number of benzene rings is 2. The van der Waals surface area contributed by atoms with Crippen LogP contribution in [0.4, 0.5) is 5.69 Å². The van der Waals surface area contributed by atoms with E-state index in [9.17, 15) is 23.3 Å². The van der Waals surface area contributed by atoms with Gasteiger partial charge in [0.25, 0.3) is 11.6 Å². The molecule has 0 unspecified atom stereocenters. The zero-order valence-electron chi connectivity index (χ0n) is 15.7. The van der Waals surface area contributed by atoms with Gasteiger partial charge in [-0.25, -0.2) is 8.42 Å². The Hall–Kier alpha value is -2.69. The summed E-state index contributed by atoms with van der Waals surface area (Å²) in [5.74, 6) is 0.451. The van der Waals surface area contributed by atoms with Crippen molar-refractivity contribution in [2.75, 3.05) is 26.2 Å². The van der Waals surface area contributed by atoms with Crippen molar-refractivity contribution in [3.63, 3.8) is 0 Å². The SMILES string of the molecule is O=C([C@@H]1Cc2cc(Cl)ccc2O1)N1CCN(S(=O)(=O)c2ccc([N+](=O)[O-])cc2)CC1. The Bertz CT molecular complexity index is 1100. The summed E-state index contributed by atoms with van der Waals surface area (Å²) in [4.78, 5) is 24.6. The lowest BCUT2D eigenvalue weighted by Gasteiger charge is -2.35. The van der Waals surface area contributed by atoms with Gasteiger partial charge in [-0.1, -0.05) is 11.6 Å². The van der Waals surface area contributed by atoms with E-state index in [0.717, 1.165) is 17.7 Å².